The summed E-state index contributed by atoms with van der Waals surface area (Å²) in [5, 5.41) is 9.85. The molecule has 4 nitrogen and oxygen atoms in total. The third-order valence-corrected chi connectivity index (χ3v) is 7.41. The number of methoxy groups -OCH3 is 1. The highest BCUT2D eigenvalue weighted by atomic mass is 35.6. The van der Waals surface area contributed by atoms with Crippen molar-refractivity contribution in [3.8, 4) is 0 Å². The van der Waals surface area contributed by atoms with Crippen LogP contribution in [0.4, 0.5) is 0 Å². The summed E-state index contributed by atoms with van der Waals surface area (Å²) in [7, 11) is 1.81. The Bertz CT molecular complexity index is 464. The molecule has 0 aromatic carbocycles. The smallest absolute Gasteiger partial charge is 0.218 e. The first kappa shape index (κ1) is 22.3. The molecule has 0 amide bonds. The van der Waals surface area contributed by atoms with E-state index in [1.807, 2.05) is 7.11 Å². The molecule has 1 heterocycles. The highest BCUT2D eigenvalue weighted by molar-refractivity contribution is 6.68. The first-order valence-corrected chi connectivity index (χ1v) is 11.3. The average molecular weight is 488 g/mol. The molecule has 0 aromatic rings. The van der Waals surface area contributed by atoms with Gasteiger partial charge >= 0.3 is 0 Å². The van der Waals surface area contributed by atoms with Gasteiger partial charge in [-0.25, -0.2) is 0 Å². The van der Waals surface area contributed by atoms with E-state index in [0.717, 1.165) is 12.8 Å². The Morgan fingerprint density at radius 2 is 1.23 bits per heavy atom. The molecule has 3 N–H and O–H groups in total. The van der Waals surface area contributed by atoms with E-state index >= 15 is 0 Å². The number of hydrogen-bond acceptors (Lipinski definition) is 4. The molecule has 0 aromatic heterocycles. The molecule has 10 heteroatoms. The van der Waals surface area contributed by atoms with Gasteiger partial charge in [0.25, 0.3) is 0 Å². The van der Waals surface area contributed by atoms with Crippen molar-refractivity contribution in [2.45, 2.75) is 70.7 Å². The SMILES string of the molecule is COC1CCC(C2NC(C(Cl)(Cl)Cl)NC(C(Cl)(Cl)Cl)N2)C2CCCCC12. The molecule has 2 saturated carbocycles. The average Bonchev–Trinajstić information content (AvgIpc) is 2.59. The molecule has 1 aliphatic heterocycles. The van der Waals surface area contributed by atoms with Crippen molar-refractivity contribution in [1.82, 2.24) is 16.0 Å². The molecule has 0 radical (unpaired) electrons. The van der Waals surface area contributed by atoms with Crippen LogP contribution in [0.2, 0.25) is 0 Å². The second-order valence-corrected chi connectivity index (χ2v) is 12.3. The molecule has 3 aliphatic rings. The first-order chi connectivity index (χ1) is 12.1. The number of hydrogen-bond donors (Lipinski definition) is 3. The first-order valence-electron chi connectivity index (χ1n) is 9.05. The van der Waals surface area contributed by atoms with Gasteiger partial charge in [-0.15, -0.1) is 0 Å². The van der Waals surface area contributed by atoms with E-state index in [9.17, 15) is 0 Å². The van der Waals surface area contributed by atoms with Gasteiger partial charge in [0.2, 0.25) is 7.59 Å². The predicted octanol–water partition coefficient (Wildman–Crippen LogP) is 4.72. The molecule has 0 bridgehead atoms. The number of alkyl halides is 6. The van der Waals surface area contributed by atoms with E-state index in [1.54, 1.807) is 0 Å². The van der Waals surface area contributed by atoms with Gasteiger partial charge in [0.05, 0.1) is 12.3 Å². The van der Waals surface area contributed by atoms with E-state index in [-0.39, 0.29) is 6.17 Å². The van der Waals surface area contributed by atoms with Crippen LogP contribution in [0, 0.1) is 17.8 Å². The summed E-state index contributed by atoms with van der Waals surface area (Å²) in [6, 6.07) is 0. The highest BCUT2D eigenvalue weighted by Gasteiger charge is 2.50. The minimum absolute atomic E-state index is 0.110. The van der Waals surface area contributed by atoms with E-state index in [1.165, 1.54) is 25.7 Å². The Kier molecular flexibility index (Phi) is 7.50. The molecule has 152 valence electrons. The standard InChI is InChI=1S/C16H25Cl6N3O/c1-26-11-7-6-10(8-4-2-3-5-9(8)11)12-23-13(15(17,18)19)25-14(24-12)16(20,21)22/h8-14,23-25H,2-7H2,1H3. The van der Waals surface area contributed by atoms with Crippen LogP contribution in [-0.2, 0) is 4.74 Å². The van der Waals surface area contributed by atoms with Crippen LogP contribution >= 0.6 is 69.6 Å². The number of fused-ring (bicyclic) bond motifs is 1. The molecular weight excluding hydrogens is 463 g/mol. The maximum Gasteiger partial charge on any atom is 0.218 e. The maximum absolute atomic E-state index is 6.14. The fraction of sp³-hybridized carbons (Fsp3) is 1.00. The van der Waals surface area contributed by atoms with Crippen molar-refractivity contribution >= 4 is 69.6 Å². The zero-order valence-electron chi connectivity index (χ0n) is 14.5. The normalized spacial score (nSPS) is 42.3. The van der Waals surface area contributed by atoms with Gasteiger partial charge in [-0.3, -0.25) is 16.0 Å². The topological polar surface area (TPSA) is 45.3 Å². The summed E-state index contributed by atoms with van der Waals surface area (Å²) in [5.74, 6) is 1.46. The van der Waals surface area contributed by atoms with Gasteiger partial charge < -0.3 is 4.74 Å². The molecule has 6 unspecified atom stereocenters. The van der Waals surface area contributed by atoms with Crippen LogP contribution in [0.25, 0.3) is 0 Å². The zero-order chi connectivity index (χ0) is 19.1. The summed E-state index contributed by atoms with van der Waals surface area (Å²) in [6.07, 6.45) is 5.88. The van der Waals surface area contributed by atoms with Crippen LogP contribution < -0.4 is 16.0 Å². The highest BCUT2D eigenvalue weighted by Crippen LogP contribution is 2.47. The molecular formula is C16H25Cl6N3O. The minimum atomic E-state index is -1.57. The summed E-state index contributed by atoms with van der Waals surface area (Å²) in [6.45, 7) is 0. The number of rotatable bonds is 2. The second-order valence-electron chi connectivity index (χ2n) is 7.55. The molecule has 0 spiro atoms. The molecule has 26 heavy (non-hydrogen) atoms. The van der Waals surface area contributed by atoms with Crippen molar-refractivity contribution in [1.29, 1.82) is 0 Å². The molecule has 1 saturated heterocycles. The maximum atomic E-state index is 6.14. The third kappa shape index (κ3) is 5.00. The van der Waals surface area contributed by atoms with Crippen molar-refractivity contribution in [3.63, 3.8) is 0 Å². The monoisotopic (exact) mass is 485 g/mol. The Balaban J connectivity index is 1.81. The fourth-order valence-corrected chi connectivity index (χ4v) is 5.72. The zero-order valence-corrected chi connectivity index (χ0v) is 19.0. The quantitative estimate of drug-likeness (QED) is 0.493. The van der Waals surface area contributed by atoms with Crippen molar-refractivity contribution in [2.24, 2.45) is 17.8 Å². The Morgan fingerprint density at radius 1 is 0.692 bits per heavy atom. The van der Waals surface area contributed by atoms with E-state index in [2.05, 4.69) is 16.0 Å². The van der Waals surface area contributed by atoms with Gasteiger partial charge in [-0.05, 0) is 43.4 Å². The molecule has 2 aliphatic carbocycles. The fourth-order valence-electron chi connectivity index (χ4n) is 4.97. The largest absolute Gasteiger partial charge is 0.381 e. The van der Waals surface area contributed by atoms with Crippen molar-refractivity contribution in [3.05, 3.63) is 0 Å². The molecule has 3 rings (SSSR count). The Morgan fingerprint density at radius 3 is 1.73 bits per heavy atom. The van der Waals surface area contributed by atoms with E-state index < -0.39 is 19.9 Å². The summed E-state index contributed by atoms with van der Waals surface area (Å²) < 4.78 is 2.64. The lowest BCUT2D eigenvalue weighted by molar-refractivity contribution is -0.0618. The third-order valence-electron chi connectivity index (χ3n) is 6.10. The Hall–Kier alpha value is 1.58. The lowest BCUT2D eigenvalue weighted by atomic mass is 9.63. The van der Waals surface area contributed by atoms with E-state index in [4.69, 9.17) is 74.3 Å². The number of nitrogens with one attached hydrogen (secondary N) is 3. The van der Waals surface area contributed by atoms with Gasteiger partial charge in [0.1, 0.15) is 12.3 Å². The molecule has 3 fully saturated rings. The van der Waals surface area contributed by atoms with Crippen molar-refractivity contribution < 1.29 is 4.74 Å². The lowest BCUT2D eigenvalue weighted by Gasteiger charge is -2.52. The van der Waals surface area contributed by atoms with Gasteiger partial charge in [-0.1, -0.05) is 82.4 Å². The lowest BCUT2D eigenvalue weighted by Crippen LogP contribution is -2.75. The predicted molar refractivity (Wildman–Crippen MR) is 110 cm³/mol. The summed E-state index contributed by atoms with van der Waals surface area (Å²) in [5.41, 5.74) is 0. The van der Waals surface area contributed by atoms with Crippen molar-refractivity contribution in [2.75, 3.05) is 7.11 Å². The Labute approximate surface area is 185 Å². The van der Waals surface area contributed by atoms with Crippen LogP contribution in [0.5, 0.6) is 0 Å². The second kappa shape index (κ2) is 8.75. The van der Waals surface area contributed by atoms with Crippen LogP contribution in [-0.4, -0.2) is 39.3 Å². The van der Waals surface area contributed by atoms with Crippen LogP contribution in [0.15, 0.2) is 0 Å². The van der Waals surface area contributed by atoms with Gasteiger partial charge in [0, 0.05) is 7.11 Å². The van der Waals surface area contributed by atoms with Crippen LogP contribution in [0.1, 0.15) is 38.5 Å². The van der Waals surface area contributed by atoms with Gasteiger partial charge in [0.15, 0.2) is 0 Å². The summed E-state index contributed by atoms with van der Waals surface area (Å²) in [4.78, 5) is 0. The minimum Gasteiger partial charge on any atom is -0.381 e. The number of halogens is 6. The van der Waals surface area contributed by atoms with E-state index in [0.29, 0.717) is 23.9 Å². The van der Waals surface area contributed by atoms with Crippen LogP contribution in [0.3, 0.4) is 0 Å². The van der Waals surface area contributed by atoms with Gasteiger partial charge in [-0.2, -0.15) is 0 Å². The molecule has 6 atom stereocenters. The number of ether oxygens (including phenoxy) is 1. The summed E-state index contributed by atoms with van der Waals surface area (Å²) >= 11 is 36.9.